The number of carbonyl (C=O) groups is 1. The van der Waals surface area contributed by atoms with Crippen molar-refractivity contribution in [1.29, 1.82) is 0 Å². The molecule has 0 bridgehead atoms. The number of likely N-dealkylation sites (tertiary alicyclic amines) is 1. The minimum Gasteiger partial charge on any atom is -0.383 e. The molecule has 0 aromatic carbocycles. The number of carbonyl (C=O) groups excluding carboxylic acids is 1. The van der Waals surface area contributed by atoms with Gasteiger partial charge in [-0.2, -0.15) is 5.10 Å². The fraction of sp³-hybridized carbons (Fsp3) is 0.800. The Morgan fingerprint density at radius 1 is 1.19 bits per heavy atom. The van der Waals surface area contributed by atoms with E-state index in [4.69, 9.17) is 19.3 Å². The molecule has 1 atom stereocenters. The number of aromatic nitrogens is 2. The summed E-state index contributed by atoms with van der Waals surface area (Å²) in [6.45, 7) is 4.96. The summed E-state index contributed by atoms with van der Waals surface area (Å²) in [6.07, 6.45) is 5.77. The molecule has 0 N–H and O–H groups in total. The second-order valence-electron chi connectivity index (χ2n) is 7.76. The largest absolute Gasteiger partial charge is 0.383 e. The molecule has 1 aromatic heterocycles. The van der Waals surface area contributed by atoms with Crippen LogP contribution in [-0.4, -0.2) is 60.7 Å². The summed E-state index contributed by atoms with van der Waals surface area (Å²) in [5, 5.41) is 4.97. The molecular weight excluding hydrogens is 346 g/mol. The van der Waals surface area contributed by atoms with Crippen molar-refractivity contribution in [3.63, 3.8) is 0 Å². The zero-order chi connectivity index (χ0) is 18.6. The lowest BCUT2D eigenvalue weighted by Gasteiger charge is -2.38. The molecule has 2 fully saturated rings. The molecule has 27 heavy (non-hydrogen) atoms. The Bertz CT molecular complexity index is 654. The lowest BCUT2D eigenvalue weighted by Crippen LogP contribution is -2.43. The standard InChI is InChI=1S/C20H31N3O4/c1-25-13-9-23-17-7-12-27-14-16(17)19(21-23)18-4-2-3-8-22(18)20(24)15-5-10-26-11-6-15/h15,18H,2-14H2,1H3. The maximum absolute atomic E-state index is 13.3. The summed E-state index contributed by atoms with van der Waals surface area (Å²) in [5.74, 6) is 0.391. The van der Waals surface area contributed by atoms with Crippen molar-refractivity contribution in [2.75, 3.05) is 40.1 Å². The molecule has 150 valence electrons. The molecule has 1 unspecified atom stereocenters. The molecule has 1 aromatic rings. The van der Waals surface area contributed by atoms with Crippen LogP contribution in [0.5, 0.6) is 0 Å². The van der Waals surface area contributed by atoms with E-state index >= 15 is 0 Å². The number of fused-ring (bicyclic) bond motifs is 1. The van der Waals surface area contributed by atoms with E-state index in [1.807, 2.05) is 0 Å². The topological polar surface area (TPSA) is 65.8 Å². The Hall–Kier alpha value is -1.44. The number of rotatable bonds is 5. The highest BCUT2D eigenvalue weighted by molar-refractivity contribution is 5.79. The highest BCUT2D eigenvalue weighted by Gasteiger charge is 2.37. The van der Waals surface area contributed by atoms with E-state index in [-0.39, 0.29) is 12.0 Å². The minimum atomic E-state index is 0.0772. The van der Waals surface area contributed by atoms with Gasteiger partial charge < -0.3 is 19.1 Å². The van der Waals surface area contributed by atoms with Crippen LogP contribution < -0.4 is 0 Å². The molecule has 4 heterocycles. The van der Waals surface area contributed by atoms with Gasteiger partial charge in [0, 0.05) is 50.5 Å². The van der Waals surface area contributed by atoms with E-state index in [1.54, 1.807) is 7.11 Å². The highest BCUT2D eigenvalue weighted by atomic mass is 16.5. The van der Waals surface area contributed by atoms with Gasteiger partial charge in [-0.3, -0.25) is 9.48 Å². The third-order valence-electron chi connectivity index (χ3n) is 6.11. The van der Waals surface area contributed by atoms with Crippen LogP contribution in [0.25, 0.3) is 0 Å². The van der Waals surface area contributed by atoms with Crippen molar-refractivity contribution in [3.8, 4) is 0 Å². The highest BCUT2D eigenvalue weighted by Crippen LogP contribution is 2.36. The normalized spacial score (nSPS) is 24.0. The first-order chi connectivity index (χ1) is 13.3. The molecule has 3 aliphatic heterocycles. The molecule has 7 nitrogen and oxygen atoms in total. The first kappa shape index (κ1) is 18.9. The maximum atomic E-state index is 13.3. The summed E-state index contributed by atoms with van der Waals surface area (Å²) in [5.41, 5.74) is 3.52. The van der Waals surface area contributed by atoms with Gasteiger partial charge in [0.1, 0.15) is 0 Å². The molecule has 1 amide bonds. The molecule has 2 saturated heterocycles. The van der Waals surface area contributed by atoms with E-state index in [2.05, 4.69) is 9.58 Å². The van der Waals surface area contributed by atoms with Gasteiger partial charge in [0.05, 0.1) is 38.1 Å². The van der Waals surface area contributed by atoms with Crippen molar-refractivity contribution in [2.24, 2.45) is 5.92 Å². The van der Waals surface area contributed by atoms with Gasteiger partial charge in [-0.15, -0.1) is 0 Å². The fourth-order valence-corrected chi connectivity index (χ4v) is 4.62. The SMILES string of the molecule is COCCn1nc(C2CCCCN2C(=O)C2CCOCC2)c2c1CCOC2. The molecular formula is C20H31N3O4. The van der Waals surface area contributed by atoms with Gasteiger partial charge in [0.15, 0.2) is 0 Å². The van der Waals surface area contributed by atoms with E-state index < -0.39 is 0 Å². The number of amides is 1. The predicted octanol–water partition coefficient (Wildman–Crippen LogP) is 2.08. The van der Waals surface area contributed by atoms with E-state index in [0.717, 1.165) is 63.9 Å². The third kappa shape index (κ3) is 3.91. The Labute approximate surface area is 160 Å². The van der Waals surface area contributed by atoms with Gasteiger partial charge in [0.25, 0.3) is 0 Å². The monoisotopic (exact) mass is 377 g/mol. The summed E-state index contributed by atoms with van der Waals surface area (Å²) in [4.78, 5) is 15.4. The van der Waals surface area contributed by atoms with Crippen molar-refractivity contribution in [2.45, 2.75) is 57.7 Å². The van der Waals surface area contributed by atoms with E-state index in [1.165, 1.54) is 11.3 Å². The first-order valence-electron chi connectivity index (χ1n) is 10.3. The molecule has 0 aliphatic carbocycles. The smallest absolute Gasteiger partial charge is 0.226 e. The number of ether oxygens (including phenoxy) is 3. The molecule has 0 saturated carbocycles. The van der Waals surface area contributed by atoms with E-state index in [9.17, 15) is 4.79 Å². The van der Waals surface area contributed by atoms with E-state index in [0.29, 0.717) is 32.3 Å². The second kappa shape index (κ2) is 8.71. The number of methoxy groups -OCH3 is 1. The molecule has 0 spiro atoms. The van der Waals surface area contributed by atoms with Gasteiger partial charge in [0.2, 0.25) is 5.91 Å². The number of hydrogen-bond acceptors (Lipinski definition) is 5. The predicted molar refractivity (Wildman–Crippen MR) is 99.3 cm³/mol. The van der Waals surface area contributed by atoms with Gasteiger partial charge in [-0.05, 0) is 32.1 Å². The average Bonchev–Trinajstić information content (AvgIpc) is 3.11. The first-order valence-corrected chi connectivity index (χ1v) is 10.3. The van der Waals surface area contributed by atoms with Crippen molar-refractivity contribution in [1.82, 2.24) is 14.7 Å². The number of nitrogens with zero attached hydrogens (tertiary/aromatic N) is 3. The lowest BCUT2D eigenvalue weighted by molar-refractivity contribution is -0.142. The van der Waals surface area contributed by atoms with Crippen molar-refractivity contribution >= 4 is 5.91 Å². The maximum Gasteiger partial charge on any atom is 0.226 e. The van der Waals surface area contributed by atoms with Crippen LogP contribution in [0.3, 0.4) is 0 Å². The van der Waals surface area contributed by atoms with Crippen LogP contribution in [0.2, 0.25) is 0 Å². The summed E-state index contributed by atoms with van der Waals surface area (Å²) in [6, 6.07) is 0.0772. The van der Waals surface area contributed by atoms with Crippen molar-refractivity contribution in [3.05, 3.63) is 17.0 Å². The van der Waals surface area contributed by atoms with Crippen LogP contribution >= 0.6 is 0 Å². The lowest BCUT2D eigenvalue weighted by atomic mass is 9.91. The van der Waals surface area contributed by atoms with Gasteiger partial charge >= 0.3 is 0 Å². The van der Waals surface area contributed by atoms with Gasteiger partial charge in [-0.25, -0.2) is 0 Å². The molecule has 0 radical (unpaired) electrons. The third-order valence-corrected chi connectivity index (χ3v) is 6.11. The average molecular weight is 377 g/mol. The minimum absolute atomic E-state index is 0.0772. The summed E-state index contributed by atoms with van der Waals surface area (Å²) in [7, 11) is 1.72. The van der Waals surface area contributed by atoms with Crippen LogP contribution in [0, 0.1) is 5.92 Å². The number of hydrogen-bond donors (Lipinski definition) is 0. The van der Waals surface area contributed by atoms with Crippen LogP contribution in [0.4, 0.5) is 0 Å². The molecule has 7 heteroatoms. The zero-order valence-electron chi connectivity index (χ0n) is 16.3. The second-order valence-corrected chi connectivity index (χ2v) is 7.76. The van der Waals surface area contributed by atoms with Crippen LogP contribution in [0.15, 0.2) is 0 Å². The zero-order valence-corrected chi connectivity index (χ0v) is 16.3. The molecule has 3 aliphatic rings. The Kier molecular flexibility index (Phi) is 6.10. The van der Waals surface area contributed by atoms with Gasteiger partial charge in [-0.1, -0.05) is 0 Å². The summed E-state index contributed by atoms with van der Waals surface area (Å²) < 4.78 is 18.5. The molecule has 4 rings (SSSR count). The van der Waals surface area contributed by atoms with Crippen molar-refractivity contribution < 1.29 is 19.0 Å². The Morgan fingerprint density at radius 2 is 2.04 bits per heavy atom. The van der Waals surface area contributed by atoms with Crippen LogP contribution in [-0.2, 0) is 38.6 Å². The quantitative estimate of drug-likeness (QED) is 0.786. The number of piperidine rings is 1. The van der Waals surface area contributed by atoms with Crippen LogP contribution in [0.1, 0.15) is 55.1 Å². The Balaban J connectivity index is 1.61. The summed E-state index contributed by atoms with van der Waals surface area (Å²) >= 11 is 0. The Morgan fingerprint density at radius 3 is 2.85 bits per heavy atom. The fourth-order valence-electron chi connectivity index (χ4n) is 4.62.